The van der Waals surface area contributed by atoms with Gasteiger partial charge in [-0.2, -0.15) is 0 Å². The molecule has 3 aromatic rings. The van der Waals surface area contributed by atoms with Crippen LogP contribution in [-0.2, 0) is 21.7 Å². The fraction of sp³-hybridized carbons (Fsp3) is 0.464. The Kier molecular flexibility index (Phi) is 11.1. The maximum absolute atomic E-state index is 13.9. The second-order valence-electron chi connectivity index (χ2n) is 11.1. The minimum Gasteiger partial charge on any atom is -0.540 e. The number of carbonyl (C=O) groups is 1. The Balaban J connectivity index is 2.29. The minimum atomic E-state index is -3.40. The van der Waals surface area contributed by atoms with E-state index in [9.17, 15) is 13.2 Å². The number of hydrogen-bond donors (Lipinski definition) is 2. The predicted octanol–water partition coefficient (Wildman–Crippen LogP) is 7.73. The number of fused-ring (bicyclic) bond motifs is 1. The number of halogens is 3. The zero-order valence-corrected chi connectivity index (χ0v) is 29.2. The first-order valence-corrected chi connectivity index (χ1v) is 19.4. The maximum Gasteiger partial charge on any atom is 0.274 e. The molecule has 2 N–H and O–H groups in total. The maximum atomic E-state index is 13.9. The monoisotopic (exact) mass is 702 g/mol. The van der Waals surface area contributed by atoms with E-state index in [0.29, 0.717) is 37.6 Å². The standard InChI is InChI=1S/C28H37BrCl2N4O4SSi/c1-16(2)41(17(3)4,18(5)6)39-26-24-23(20(13-29)8-9-32-24)27(34-15-40(7,37)38)35-25(26)28(36)33-14-19-10-21(30)12-22(31)11-19/h8-12,16-18H,13-15H2,1-7H3,(H,33,36)(H,34,35). The van der Waals surface area contributed by atoms with Gasteiger partial charge in [0.25, 0.3) is 14.2 Å². The molecule has 0 unspecified atom stereocenters. The third kappa shape index (κ3) is 7.73. The highest BCUT2D eigenvalue weighted by atomic mass is 79.9. The van der Waals surface area contributed by atoms with Gasteiger partial charge in [-0.25, -0.2) is 13.4 Å². The van der Waals surface area contributed by atoms with Crippen molar-refractivity contribution in [3.05, 3.63) is 57.3 Å². The Morgan fingerprint density at radius 1 is 1.05 bits per heavy atom. The number of nitrogens with one attached hydrogen (secondary N) is 2. The number of amides is 1. The van der Waals surface area contributed by atoms with Gasteiger partial charge in [0.1, 0.15) is 17.2 Å². The first-order chi connectivity index (χ1) is 19.1. The molecule has 1 aromatic carbocycles. The molecule has 3 rings (SSSR count). The van der Waals surface area contributed by atoms with E-state index in [0.717, 1.165) is 11.8 Å². The lowest BCUT2D eigenvalue weighted by atomic mass is 10.1. The lowest BCUT2D eigenvalue weighted by Crippen LogP contribution is -2.51. The fourth-order valence-electron chi connectivity index (χ4n) is 5.47. The van der Waals surface area contributed by atoms with Crippen molar-refractivity contribution in [1.82, 2.24) is 15.3 Å². The van der Waals surface area contributed by atoms with E-state index in [1.165, 1.54) is 0 Å². The summed E-state index contributed by atoms with van der Waals surface area (Å²) in [5, 5.41) is 7.80. The van der Waals surface area contributed by atoms with Crippen LogP contribution in [0.2, 0.25) is 26.7 Å². The summed E-state index contributed by atoms with van der Waals surface area (Å²) in [7, 11) is -5.98. The first-order valence-electron chi connectivity index (χ1n) is 13.3. The lowest BCUT2D eigenvalue weighted by molar-refractivity contribution is 0.0944. The van der Waals surface area contributed by atoms with Crippen molar-refractivity contribution in [2.45, 2.75) is 70.0 Å². The highest BCUT2D eigenvalue weighted by molar-refractivity contribution is 9.08. The Hall–Kier alpha value is -1.92. The van der Waals surface area contributed by atoms with E-state index in [4.69, 9.17) is 32.6 Å². The molecule has 0 radical (unpaired) electrons. The van der Waals surface area contributed by atoms with Crippen molar-refractivity contribution in [2.75, 3.05) is 17.4 Å². The molecule has 0 atom stereocenters. The predicted molar refractivity (Wildman–Crippen MR) is 175 cm³/mol. The normalized spacial score (nSPS) is 12.4. The van der Waals surface area contributed by atoms with Crippen LogP contribution in [0, 0.1) is 0 Å². The molecule has 2 aromatic heterocycles. The van der Waals surface area contributed by atoms with Gasteiger partial charge in [-0.3, -0.25) is 9.78 Å². The van der Waals surface area contributed by atoms with Crippen LogP contribution in [-0.4, -0.2) is 44.7 Å². The highest BCUT2D eigenvalue weighted by Crippen LogP contribution is 2.45. The molecule has 13 heteroatoms. The van der Waals surface area contributed by atoms with Gasteiger partial charge in [-0.05, 0) is 52.0 Å². The second kappa shape index (κ2) is 13.6. The van der Waals surface area contributed by atoms with E-state index >= 15 is 0 Å². The van der Waals surface area contributed by atoms with Gasteiger partial charge >= 0.3 is 0 Å². The molecule has 0 saturated heterocycles. The van der Waals surface area contributed by atoms with Gasteiger partial charge in [0.15, 0.2) is 21.3 Å². The molecular weight excluding hydrogens is 667 g/mol. The van der Waals surface area contributed by atoms with Crippen LogP contribution >= 0.6 is 39.1 Å². The largest absolute Gasteiger partial charge is 0.540 e. The Morgan fingerprint density at radius 3 is 2.15 bits per heavy atom. The van der Waals surface area contributed by atoms with Crippen LogP contribution in [0.1, 0.15) is 63.2 Å². The summed E-state index contributed by atoms with van der Waals surface area (Å²) in [5.41, 5.74) is 2.65. The summed E-state index contributed by atoms with van der Waals surface area (Å²) in [4.78, 5) is 23.3. The van der Waals surface area contributed by atoms with Gasteiger partial charge in [-0.15, -0.1) is 0 Å². The van der Waals surface area contributed by atoms with Crippen LogP contribution in [0.3, 0.4) is 0 Å². The number of anilines is 1. The van der Waals surface area contributed by atoms with Crippen LogP contribution in [0.25, 0.3) is 10.9 Å². The second-order valence-corrected chi connectivity index (χ2v) is 20.0. The van der Waals surface area contributed by atoms with Gasteiger partial charge < -0.3 is 15.1 Å². The summed E-state index contributed by atoms with van der Waals surface area (Å²) in [6.07, 6.45) is 2.78. The molecule has 224 valence electrons. The Labute approximate surface area is 262 Å². The molecule has 0 aliphatic carbocycles. The number of carbonyl (C=O) groups excluding carboxylic acids is 1. The summed E-state index contributed by atoms with van der Waals surface area (Å²) in [6.45, 7) is 13.1. The quantitative estimate of drug-likeness (QED) is 0.147. The molecule has 0 bridgehead atoms. The number of pyridine rings is 2. The van der Waals surface area contributed by atoms with Crippen molar-refractivity contribution in [1.29, 1.82) is 0 Å². The molecular formula is C28H37BrCl2N4O4SSi. The topological polar surface area (TPSA) is 110 Å². The van der Waals surface area contributed by atoms with Gasteiger partial charge in [0.2, 0.25) is 0 Å². The van der Waals surface area contributed by atoms with Crippen LogP contribution in [0.4, 0.5) is 5.82 Å². The molecule has 2 heterocycles. The zero-order chi connectivity index (χ0) is 30.7. The van der Waals surface area contributed by atoms with Gasteiger partial charge in [-0.1, -0.05) is 80.7 Å². The van der Waals surface area contributed by atoms with Crippen LogP contribution in [0.5, 0.6) is 5.75 Å². The van der Waals surface area contributed by atoms with Crippen molar-refractivity contribution >= 4 is 79.9 Å². The number of hydrogen-bond acceptors (Lipinski definition) is 7. The van der Waals surface area contributed by atoms with Crippen molar-refractivity contribution in [3.63, 3.8) is 0 Å². The third-order valence-corrected chi connectivity index (χ3v) is 14.8. The summed E-state index contributed by atoms with van der Waals surface area (Å²) >= 11 is 15.9. The van der Waals surface area contributed by atoms with Crippen LogP contribution in [0.15, 0.2) is 30.5 Å². The molecule has 8 nitrogen and oxygen atoms in total. The number of benzene rings is 1. The molecule has 1 amide bonds. The van der Waals surface area contributed by atoms with E-state index in [2.05, 4.69) is 73.1 Å². The van der Waals surface area contributed by atoms with Gasteiger partial charge in [0.05, 0.1) is 5.39 Å². The average molecular weight is 705 g/mol. The number of alkyl halides is 1. The number of rotatable bonds is 12. The third-order valence-electron chi connectivity index (χ3n) is 7.15. The Morgan fingerprint density at radius 2 is 1.63 bits per heavy atom. The number of nitrogens with zero attached hydrogens (tertiary/aromatic N) is 2. The average Bonchev–Trinajstić information content (AvgIpc) is 2.87. The minimum absolute atomic E-state index is 0.0275. The smallest absolute Gasteiger partial charge is 0.274 e. The first kappa shape index (κ1) is 33.6. The molecule has 41 heavy (non-hydrogen) atoms. The van der Waals surface area contributed by atoms with E-state index in [1.807, 2.05) is 6.07 Å². The number of aromatic nitrogens is 2. The fourth-order valence-corrected chi connectivity index (χ4v) is 12.2. The molecule has 0 spiro atoms. The van der Waals surface area contributed by atoms with E-state index in [1.54, 1.807) is 24.4 Å². The molecule has 0 aliphatic rings. The molecule has 0 aliphatic heterocycles. The van der Waals surface area contributed by atoms with E-state index in [-0.39, 0.29) is 40.6 Å². The summed E-state index contributed by atoms with van der Waals surface area (Å²) in [5.74, 6) is -0.318. The highest BCUT2D eigenvalue weighted by Gasteiger charge is 2.48. The molecule has 0 fully saturated rings. The van der Waals surface area contributed by atoms with Crippen molar-refractivity contribution in [3.8, 4) is 5.75 Å². The van der Waals surface area contributed by atoms with Crippen molar-refractivity contribution < 1.29 is 17.6 Å². The molecule has 0 saturated carbocycles. The lowest BCUT2D eigenvalue weighted by Gasteiger charge is -2.42. The van der Waals surface area contributed by atoms with Gasteiger partial charge in [0, 0.05) is 34.4 Å². The zero-order valence-electron chi connectivity index (χ0n) is 24.3. The summed E-state index contributed by atoms with van der Waals surface area (Å²) < 4.78 is 31.2. The summed E-state index contributed by atoms with van der Waals surface area (Å²) in [6, 6.07) is 6.88. The Bertz CT molecular complexity index is 1500. The van der Waals surface area contributed by atoms with Crippen LogP contribution < -0.4 is 15.1 Å². The number of sulfone groups is 1. The van der Waals surface area contributed by atoms with E-state index < -0.39 is 24.1 Å². The van der Waals surface area contributed by atoms with Crippen molar-refractivity contribution in [2.24, 2.45) is 0 Å². The SMILES string of the molecule is CC(C)[Si](Oc1c(C(=O)NCc2cc(Cl)cc(Cl)c2)nc(NCS(C)(=O)=O)c2c(CBr)ccnc12)(C(C)C)C(C)C.